The molecule has 0 saturated carbocycles. The molecule has 182 valence electrons. The molecule has 9 nitrogen and oxygen atoms in total. The van der Waals surface area contributed by atoms with E-state index >= 15 is 4.39 Å². The van der Waals surface area contributed by atoms with E-state index in [1.165, 1.54) is 30.7 Å². The van der Waals surface area contributed by atoms with E-state index in [1.807, 2.05) is 0 Å². The highest BCUT2D eigenvalue weighted by Gasteiger charge is 2.28. The third kappa shape index (κ3) is 5.18. The summed E-state index contributed by atoms with van der Waals surface area (Å²) in [5, 5.41) is 12.5. The predicted molar refractivity (Wildman–Crippen MR) is 128 cm³/mol. The fourth-order valence-corrected chi connectivity index (χ4v) is 4.12. The summed E-state index contributed by atoms with van der Waals surface area (Å²) in [6, 6.07) is 4.17. The number of halogens is 3. The summed E-state index contributed by atoms with van der Waals surface area (Å²) in [6.07, 6.45) is 3.46. The number of nitrogens with zero attached hydrogens (tertiary/aromatic N) is 4. The second-order valence-corrected chi connectivity index (χ2v) is 8.49. The minimum Gasteiger partial charge on any atom is -0.478 e. The van der Waals surface area contributed by atoms with Gasteiger partial charge >= 0.3 is 12.1 Å². The third-order valence-electron chi connectivity index (χ3n) is 5.48. The number of likely N-dealkylation sites (tertiary alicyclic amines) is 1. The Kier molecular flexibility index (Phi) is 7.83. The molecule has 0 unspecified atom stereocenters. The molecule has 0 atom stereocenters. The molecule has 2 N–H and O–H groups in total. The average molecular weight is 512 g/mol. The van der Waals surface area contributed by atoms with E-state index in [-0.39, 0.29) is 52.4 Å². The summed E-state index contributed by atoms with van der Waals surface area (Å²) in [5.41, 5.74) is 0.858. The van der Waals surface area contributed by atoms with Gasteiger partial charge in [-0.25, -0.2) is 23.9 Å². The topological polar surface area (TPSA) is 110 Å². The molecule has 2 aromatic heterocycles. The minimum atomic E-state index is -1.10. The van der Waals surface area contributed by atoms with Crippen LogP contribution in [0.2, 0.25) is 5.02 Å². The maximum atomic E-state index is 15.0. The summed E-state index contributed by atoms with van der Waals surface area (Å²) >= 11 is 6.20. The lowest BCUT2D eigenvalue weighted by Gasteiger charge is -2.32. The van der Waals surface area contributed by atoms with Crippen LogP contribution in [0.4, 0.5) is 20.7 Å². The Morgan fingerprint density at radius 1 is 1.26 bits per heavy atom. The molecular formula is C22H24Cl2FN5O4. The molecule has 4 rings (SSSR count). The highest BCUT2D eigenvalue weighted by atomic mass is 35.5. The highest BCUT2D eigenvalue weighted by Crippen LogP contribution is 2.34. The summed E-state index contributed by atoms with van der Waals surface area (Å²) in [4.78, 5) is 33.4. The zero-order valence-corrected chi connectivity index (χ0v) is 20.1. The van der Waals surface area contributed by atoms with Gasteiger partial charge in [-0.1, -0.05) is 11.6 Å². The molecule has 34 heavy (non-hydrogen) atoms. The number of carbonyl (C=O) groups is 2. The van der Waals surface area contributed by atoms with Crippen LogP contribution in [0.3, 0.4) is 0 Å². The summed E-state index contributed by atoms with van der Waals surface area (Å²) in [6.45, 7) is 4.61. The Morgan fingerprint density at radius 2 is 1.97 bits per heavy atom. The predicted octanol–water partition coefficient (Wildman–Crippen LogP) is 5.27. The van der Waals surface area contributed by atoms with Crippen molar-refractivity contribution in [3.8, 4) is 0 Å². The van der Waals surface area contributed by atoms with Crippen molar-refractivity contribution in [3.63, 3.8) is 0 Å². The lowest BCUT2D eigenvalue weighted by atomic mass is 10.1. The number of piperidine rings is 1. The number of carboxylic acid groups (broad SMARTS) is 1. The van der Waals surface area contributed by atoms with Crippen LogP contribution in [0.5, 0.6) is 0 Å². The van der Waals surface area contributed by atoms with Gasteiger partial charge in [-0.05, 0) is 44.9 Å². The first-order chi connectivity index (χ1) is 15.7. The second kappa shape index (κ2) is 10.4. The number of benzene rings is 1. The number of hydrogen-bond donors (Lipinski definition) is 2. The molecule has 0 bridgehead atoms. The summed E-state index contributed by atoms with van der Waals surface area (Å²) in [7, 11) is 0. The number of anilines is 2. The molecular weight excluding hydrogens is 488 g/mol. The monoisotopic (exact) mass is 511 g/mol. The summed E-state index contributed by atoms with van der Waals surface area (Å²) in [5.74, 6) is -1.37. The van der Waals surface area contributed by atoms with Gasteiger partial charge in [0, 0.05) is 25.3 Å². The first kappa shape index (κ1) is 25.5. The average Bonchev–Trinajstić information content (AvgIpc) is 3.12. The number of carbonyl (C=O) groups excluding carboxylic acids is 1. The number of hydrogen-bond acceptors (Lipinski definition) is 6. The maximum Gasteiger partial charge on any atom is 0.410 e. The van der Waals surface area contributed by atoms with Crippen LogP contribution in [0.15, 0.2) is 30.7 Å². The first-order valence-electron chi connectivity index (χ1n) is 10.5. The van der Waals surface area contributed by atoms with Crippen molar-refractivity contribution >= 4 is 58.6 Å². The number of nitrogens with one attached hydrogen (secondary N) is 1. The van der Waals surface area contributed by atoms with Crippen molar-refractivity contribution in [2.45, 2.75) is 38.8 Å². The van der Waals surface area contributed by atoms with E-state index in [2.05, 4.69) is 15.3 Å². The number of fused-ring (bicyclic) bond motifs is 1. The van der Waals surface area contributed by atoms with Gasteiger partial charge in [-0.3, -0.25) is 0 Å². The molecule has 1 saturated heterocycles. The van der Waals surface area contributed by atoms with Crippen LogP contribution in [0, 0.1) is 5.82 Å². The number of aromatic carboxylic acids is 1. The van der Waals surface area contributed by atoms with Crippen LogP contribution in [0.1, 0.15) is 43.1 Å². The van der Waals surface area contributed by atoms with Crippen LogP contribution in [-0.2, 0) is 4.74 Å². The van der Waals surface area contributed by atoms with Gasteiger partial charge in [0.2, 0.25) is 0 Å². The van der Waals surface area contributed by atoms with Crippen molar-refractivity contribution < 1.29 is 23.8 Å². The molecule has 0 radical (unpaired) electrons. The Morgan fingerprint density at radius 3 is 2.59 bits per heavy atom. The number of rotatable bonds is 5. The number of ether oxygens (including phenoxy) is 1. The van der Waals surface area contributed by atoms with Crippen molar-refractivity contribution in [1.29, 1.82) is 0 Å². The summed E-state index contributed by atoms with van der Waals surface area (Å²) < 4.78 is 22.0. The van der Waals surface area contributed by atoms with E-state index < -0.39 is 11.8 Å². The number of amides is 1. The molecule has 3 heterocycles. The lowest BCUT2D eigenvalue weighted by Crippen LogP contribution is -2.40. The largest absolute Gasteiger partial charge is 0.478 e. The molecule has 1 aliphatic rings. The zero-order chi connectivity index (χ0) is 23.7. The van der Waals surface area contributed by atoms with E-state index in [4.69, 9.17) is 21.4 Å². The minimum absolute atomic E-state index is 0. The molecule has 1 amide bonds. The van der Waals surface area contributed by atoms with Gasteiger partial charge in [0.05, 0.1) is 27.8 Å². The Bertz CT molecular complexity index is 1210. The maximum absolute atomic E-state index is 15.0. The van der Waals surface area contributed by atoms with Gasteiger partial charge in [-0.2, -0.15) is 0 Å². The second-order valence-electron chi connectivity index (χ2n) is 8.08. The highest BCUT2D eigenvalue weighted by molar-refractivity contribution is 6.33. The third-order valence-corrected chi connectivity index (χ3v) is 5.80. The molecule has 12 heteroatoms. The Balaban J connectivity index is 0.00000324. The fourth-order valence-electron chi connectivity index (χ4n) is 3.89. The standard InChI is InChI=1S/C22H23ClFN5O4.ClH/c1-12(2)33-22(32)28-7-5-14(6-8-28)29-10-16(24)18-19(25-11-26-20(18)29)27-17-4-3-13(21(30)31)9-15(17)23;/h3-4,9-12,14H,5-8H2,1-2H3,(H,30,31)(H,25,26,27);1H. The van der Waals surface area contributed by atoms with E-state index in [0.29, 0.717) is 37.3 Å². The van der Waals surface area contributed by atoms with Crippen molar-refractivity contribution in [1.82, 2.24) is 19.4 Å². The van der Waals surface area contributed by atoms with Crippen LogP contribution in [0.25, 0.3) is 11.0 Å². The lowest BCUT2D eigenvalue weighted by molar-refractivity contribution is 0.0660. The van der Waals surface area contributed by atoms with Crippen molar-refractivity contribution in [2.75, 3.05) is 18.4 Å². The Hall–Kier alpha value is -3.11. The molecule has 1 aromatic carbocycles. The van der Waals surface area contributed by atoms with E-state index in [1.54, 1.807) is 23.3 Å². The van der Waals surface area contributed by atoms with Gasteiger partial charge < -0.3 is 24.6 Å². The molecule has 1 fully saturated rings. The Labute approximate surface area is 206 Å². The van der Waals surface area contributed by atoms with Gasteiger partial charge in [-0.15, -0.1) is 12.4 Å². The van der Waals surface area contributed by atoms with E-state index in [9.17, 15) is 9.59 Å². The quantitative estimate of drug-likeness (QED) is 0.479. The van der Waals surface area contributed by atoms with Crippen molar-refractivity contribution in [3.05, 3.63) is 47.1 Å². The van der Waals surface area contributed by atoms with Crippen LogP contribution < -0.4 is 5.32 Å². The zero-order valence-electron chi connectivity index (χ0n) is 18.5. The smallest absolute Gasteiger partial charge is 0.410 e. The van der Waals surface area contributed by atoms with E-state index in [0.717, 1.165) is 0 Å². The molecule has 1 aliphatic heterocycles. The number of aromatic nitrogens is 3. The van der Waals surface area contributed by atoms with Crippen LogP contribution >= 0.6 is 24.0 Å². The van der Waals surface area contributed by atoms with Gasteiger partial charge in [0.15, 0.2) is 5.82 Å². The van der Waals surface area contributed by atoms with Crippen molar-refractivity contribution in [2.24, 2.45) is 0 Å². The molecule has 0 aliphatic carbocycles. The molecule has 3 aromatic rings. The van der Waals surface area contributed by atoms with Gasteiger partial charge in [0.25, 0.3) is 0 Å². The first-order valence-corrected chi connectivity index (χ1v) is 10.9. The SMILES string of the molecule is CC(C)OC(=O)N1CCC(n2cc(F)c3c(Nc4ccc(C(=O)O)cc4Cl)ncnc32)CC1.Cl. The fraction of sp³-hybridized carbons (Fsp3) is 0.364. The number of carboxylic acids is 1. The van der Waals surface area contributed by atoms with Crippen LogP contribution in [-0.4, -0.2) is 55.8 Å². The normalized spacial score (nSPS) is 14.2. The van der Waals surface area contributed by atoms with Gasteiger partial charge in [0.1, 0.15) is 17.8 Å². The molecule has 0 spiro atoms.